The largest absolute Gasteiger partial charge is 0.508 e. The van der Waals surface area contributed by atoms with Crippen LogP contribution in [0.3, 0.4) is 0 Å². The molecule has 0 aliphatic carbocycles. The van der Waals surface area contributed by atoms with Gasteiger partial charge in [0.25, 0.3) is 0 Å². The lowest BCUT2D eigenvalue weighted by Gasteiger charge is -2.25. The molecule has 0 fully saturated rings. The maximum absolute atomic E-state index is 10.4. The van der Waals surface area contributed by atoms with Crippen molar-refractivity contribution in [2.45, 2.75) is 38.5 Å². The van der Waals surface area contributed by atoms with E-state index in [2.05, 4.69) is 38.1 Å². The minimum atomic E-state index is 0.118. The third-order valence-corrected chi connectivity index (χ3v) is 5.19. The Balaban J connectivity index is 2.13. The number of benzene rings is 3. The first-order valence-corrected chi connectivity index (χ1v) is 9.31. The van der Waals surface area contributed by atoms with Crippen LogP contribution in [0, 0.1) is 0 Å². The van der Waals surface area contributed by atoms with Gasteiger partial charge in [-0.25, -0.2) is 0 Å². The molecule has 3 aromatic rings. The number of aromatic hydroxyl groups is 2. The molecule has 2 unspecified atom stereocenters. The highest BCUT2D eigenvalue weighted by atomic mass is 16.3. The summed E-state index contributed by atoms with van der Waals surface area (Å²) >= 11 is 0. The van der Waals surface area contributed by atoms with Crippen LogP contribution in [0.15, 0.2) is 72.8 Å². The van der Waals surface area contributed by atoms with Crippen LogP contribution in [0.1, 0.15) is 60.8 Å². The van der Waals surface area contributed by atoms with Gasteiger partial charge in [0.1, 0.15) is 11.5 Å². The van der Waals surface area contributed by atoms with Crippen LogP contribution >= 0.6 is 0 Å². The van der Waals surface area contributed by atoms with Crippen molar-refractivity contribution in [3.05, 3.63) is 95.1 Å². The molecule has 0 radical (unpaired) electrons. The van der Waals surface area contributed by atoms with Crippen LogP contribution in [-0.4, -0.2) is 10.2 Å². The molecule has 2 atom stereocenters. The Morgan fingerprint density at radius 1 is 0.538 bits per heavy atom. The van der Waals surface area contributed by atoms with Crippen molar-refractivity contribution in [1.82, 2.24) is 0 Å². The molecular formula is C24H26O2. The smallest absolute Gasteiger partial charge is 0.119 e. The molecule has 0 aromatic heterocycles. The van der Waals surface area contributed by atoms with E-state index in [4.69, 9.17) is 0 Å². The highest BCUT2D eigenvalue weighted by molar-refractivity contribution is 5.49. The number of para-hydroxylation sites is 2. The van der Waals surface area contributed by atoms with Crippen molar-refractivity contribution in [2.75, 3.05) is 0 Å². The predicted molar refractivity (Wildman–Crippen MR) is 107 cm³/mol. The Hall–Kier alpha value is -2.74. The Bertz CT molecular complexity index is 797. The van der Waals surface area contributed by atoms with E-state index < -0.39 is 0 Å². The van der Waals surface area contributed by atoms with Crippen molar-refractivity contribution in [3.63, 3.8) is 0 Å². The van der Waals surface area contributed by atoms with Gasteiger partial charge in [-0.2, -0.15) is 0 Å². The summed E-state index contributed by atoms with van der Waals surface area (Å²) in [6, 6.07) is 23.6. The van der Waals surface area contributed by atoms with Gasteiger partial charge >= 0.3 is 0 Å². The van der Waals surface area contributed by atoms with Gasteiger partial charge in [0.05, 0.1) is 0 Å². The Morgan fingerprint density at radius 3 is 1.15 bits per heavy atom. The van der Waals surface area contributed by atoms with Gasteiger partial charge < -0.3 is 10.2 Å². The standard InChI is InChI=1S/C24H26O2/c1-3-17(21-13-7-9-15-23(21)25)19-11-5-6-12-20(19)18(4-2)22-14-8-10-16-24(22)26/h5-18,25-26H,3-4H2,1-2H3. The van der Waals surface area contributed by atoms with Crippen molar-refractivity contribution >= 4 is 0 Å². The van der Waals surface area contributed by atoms with Gasteiger partial charge in [0.15, 0.2) is 0 Å². The molecule has 2 nitrogen and oxygen atoms in total. The summed E-state index contributed by atoms with van der Waals surface area (Å²) in [7, 11) is 0. The van der Waals surface area contributed by atoms with E-state index in [1.807, 2.05) is 36.4 Å². The molecule has 26 heavy (non-hydrogen) atoms. The van der Waals surface area contributed by atoms with Crippen LogP contribution in [0.25, 0.3) is 0 Å². The van der Waals surface area contributed by atoms with Crippen LogP contribution in [0.2, 0.25) is 0 Å². The van der Waals surface area contributed by atoms with Gasteiger partial charge in [0, 0.05) is 23.0 Å². The minimum Gasteiger partial charge on any atom is -0.508 e. The molecule has 2 N–H and O–H groups in total. The number of phenols is 2. The predicted octanol–water partition coefficient (Wildman–Crippen LogP) is 6.18. The molecule has 0 amide bonds. The average molecular weight is 346 g/mol. The SMILES string of the molecule is CCC(c1ccccc1O)c1ccccc1C(CC)c1ccccc1O. The second kappa shape index (κ2) is 8.09. The molecule has 3 rings (SSSR count). The van der Waals surface area contributed by atoms with Gasteiger partial charge in [0.2, 0.25) is 0 Å². The van der Waals surface area contributed by atoms with E-state index in [1.165, 1.54) is 11.1 Å². The van der Waals surface area contributed by atoms with Crippen molar-refractivity contribution in [3.8, 4) is 11.5 Å². The van der Waals surface area contributed by atoms with E-state index in [-0.39, 0.29) is 11.8 Å². The van der Waals surface area contributed by atoms with Gasteiger partial charge in [-0.3, -0.25) is 0 Å². The fraction of sp³-hybridized carbons (Fsp3) is 0.250. The van der Waals surface area contributed by atoms with Crippen LogP contribution in [-0.2, 0) is 0 Å². The van der Waals surface area contributed by atoms with Crippen molar-refractivity contribution < 1.29 is 10.2 Å². The summed E-state index contributed by atoms with van der Waals surface area (Å²) in [6.07, 6.45) is 1.79. The first-order valence-electron chi connectivity index (χ1n) is 9.31. The van der Waals surface area contributed by atoms with Crippen LogP contribution in [0.5, 0.6) is 11.5 Å². The highest BCUT2D eigenvalue weighted by Gasteiger charge is 2.24. The van der Waals surface area contributed by atoms with E-state index >= 15 is 0 Å². The van der Waals surface area contributed by atoms with E-state index in [0.29, 0.717) is 11.5 Å². The molecule has 0 saturated heterocycles. The van der Waals surface area contributed by atoms with Gasteiger partial charge in [-0.15, -0.1) is 0 Å². The average Bonchev–Trinajstić information content (AvgIpc) is 2.67. The second-order valence-electron chi connectivity index (χ2n) is 6.67. The number of phenolic OH excluding ortho intramolecular Hbond substituents is 2. The van der Waals surface area contributed by atoms with Gasteiger partial charge in [-0.05, 0) is 36.1 Å². The lowest BCUT2D eigenvalue weighted by molar-refractivity contribution is 0.461. The zero-order valence-corrected chi connectivity index (χ0v) is 15.4. The molecule has 0 spiro atoms. The Morgan fingerprint density at radius 2 is 0.846 bits per heavy atom. The first-order chi connectivity index (χ1) is 12.7. The third-order valence-electron chi connectivity index (χ3n) is 5.19. The summed E-state index contributed by atoms with van der Waals surface area (Å²) in [4.78, 5) is 0. The second-order valence-corrected chi connectivity index (χ2v) is 6.67. The first kappa shape index (κ1) is 18.1. The lowest BCUT2D eigenvalue weighted by Crippen LogP contribution is -2.09. The topological polar surface area (TPSA) is 40.5 Å². The summed E-state index contributed by atoms with van der Waals surface area (Å²) in [5, 5.41) is 20.8. The third kappa shape index (κ3) is 3.45. The number of hydrogen-bond donors (Lipinski definition) is 2. The molecule has 2 heteroatoms. The molecule has 0 aliphatic heterocycles. The molecule has 0 aliphatic rings. The van der Waals surface area contributed by atoms with E-state index in [0.717, 1.165) is 24.0 Å². The molecule has 134 valence electrons. The molecule has 3 aromatic carbocycles. The fourth-order valence-corrected chi connectivity index (χ4v) is 3.92. The lowest BCUT2D eigenvalue weighted by atomic mass is 9.79. The zero-order chi connectivity index (χ0) is 18.5. The molecule has 0 bridgehead atoms. The molecule has 0 heterocycles. The minimum absolute atomic E-state index is 0.118. The molecule has 0 saturated carbocycles. The van der Waals surface area contributed by atoms with Crippen molar-refractivity contribution in [1.29, 1.82) is 0 Å². The summed E-state index contributed by atoms with van der Waals surface area (Å²) in [5.74, 6) is 0.911. The maximum atomic E-state index is 10.4. The number of rotatable bonds is 6. The maximum Gasteiger partial charge on any atom is 0.119 e. The Labute approximate surface area is 155 Å². The fourth-order valence-electron chi connectivity index (χ4n) is 3.92. The van der Waals surface area contributed by atoms with Gasteiger partial charge in [-0.1, -0.05) is 74.5 Å². The quantitative estimate of drug-likeness (QED) is 0.559. The zero-order valence-electron chi connectivity index (χ0n) is 15.4. The van der Waals surface area contributed by atoms with E-state index in [9.17, 15) is 10.2 Å². The van der Waals surface area contributed by atoms with E-state index in [1.54, 1.807) is 12.1 Å². The summed E-state index contributed by atoms with van der Waals surface area (Å²) < 4.78 is 0. The van der Waals surface area contributed by atoms with Crippen LogP contribution < -0.4 is 0 Å². The Kier molecular flexibility index (Phi) is 5.62. The normalized spacial score (nSPS) is 13.3. The summed E-state index contributed by atoms with van der Waals surface area (Å²) in [5.41, 5.74) is 4.34. The summed E-state index contributed by atoms with van der Waals surface area (Å²) in [6.45, 7) is 4.30. The van der Waals surface area contributed by atoms with Crippen LogP contribution in [0.4, 0.5) is 0 Å². The monoisotopic (exact) mass is 346 g/mol. The number of hydrogen-bond acceptors (Lipinski definition) is 2. The molecular weight excluding hydrogens is 320 g/mol. The highest BCUT2D eigenvalue weighted by Crippen LogP contribution is 2.41. The van der Waals surface area contributed by atoms with Crippen molar-refractivity contribution in [2.24, 2.45) is 0 Å².